The minimum Gasteiger partial charge on any atom is -0.445 e. The number of benzene rings is 1. The van der Waals surface area contributed by atoms with Gasteiger partial charge in [0.25, 0.3) is 0 Å². The summed E-state index contributed by atoms with van der Waals surface area (Å²) in [5, 5.41) is 12.5. The van der Waals surface area contributed by atoms with Gasteiger partial charge in [0.15, 0.2) is 0 Å². The number of nitrogens with zero attached hydrogens (tertiary/aromatic N) is 5. The molecule has 1 saturated carbocycles. The zero-order chi connectivity index (χ0) is 25.4. The highest BCUT2D eigenvalue weighted by atomic mass is 35.5. The van der Waals surface area contributed by atoms with Crippen molar-refractivity contribution in [2.75, 3.05) is 23.7 Å². The molecule has 4 aromatic rings. The van der Waals surface area contributed by atoms with Crippen LogP contribution in [0.15, 0.2) is 48.9 Å². The van der Waals surface area contributed by atoms with Crippen molar-refractivity contribution in [1.82, 2.24) is 29.6 Å². The third-order valence-corrected chi connectivity index (χ3v) is 7.68. The lowest BCUT2D eigenvalue weighted by atomic mass is 9.88. The van der Waals surface area contributed by atoms with E-state index in [0.717, 1.165) is 42.4 Å². The second kappa shape index (κ2) is 9.59. The molecular weight excluding hydrogens is 492 g/mol. The van der Waals surface area contributed by atoms with Crippen molar-refractivity contribution in [2.45, 2.75) is 45.4 Å². The molecule has 2 fully saturated rings. The number of nitrogens with one attached hydrogen (secondary N) is 3. The summed E-state index contributed by atoms with van der Waals surface area (Å²) in [6, 6.07) is 9.74. The van der Waals surface area contributed by atoms with Gasteiger partial charge < -0.3 is 25.3 Å². The molecule has 3 N–H and O–H groups in total. The minimum absolute atomic E-state index is 0.0188. The van der Waals surface area contributed by atoms with Crippen LogP contribution in [-0.4, -0.2) is 54.9 Å². The normalized spacial score (nSPS) is 18.2. The van der Waals surface area contributed by atoms with E-state index in [-0.39, 0.29) is 24.2 Å². The standard InChI is InChI=1S/C26H29ClN8O2/c1-2-35-14-18(12-29-35)30-24-32-22-21(19(27)13-28-22)23(33-24)31-20-15-34(11-10-26(20)8-9-26)25(36)37-16-17-6-4-3-5-7-17/h3-7,12-14,20H,2,8-11,15-16H2,1H3,(H3,28,30,31,32,33). The van der Waals surface area contributed by atoms with Crippen molar-refractivity contribution in [3.63, 3.8) is 0 Å². The van der Waals surface area contributed by atoms with Crippen molar-refractivity contribution in [2.24, 2.45) is 5.41 Å². The van der Waals surface area contributed by atoms with Gasteiger partial charge in [0.05, 0.1) is 28.3 Å². The Balaban J connectivity index is 1.22. The maximum absolute atomic E-state index is 12.9. The van der Waals surface area contributed by atoms with Gasteiger partial charge in [-0.15, -0.1) is 0 Å². The third-order valence-electron chi connectivity index (χ3n) is 7.39. The number of likely N-dealkylation sites (tertiary alicyclic amines) is 1. The zero-order valence-corrected chi connectivity index (χ0v) is 21.3. The van der Waals surface area contributed by atoms with E-state index in [1.807, 2.05) is 48.1 Å². The van der Waals surface area contributed by atoms with Gasteiger partial charge >= 0.3 is 6.09 Å². The zero-order valence-electron chi connectivity index (χ0n) is 20.6. The van der Waals surface area contributed by atoms with Crippen molar-refractivity contribution >= 4 is 46.2 Å². The predicted octanol–water partition coefficient (Wildman–Crippen LogP) is 5.17. The molecule has 0 radical (unpaired) electrons. The smallest absolute Gasteiger partial charge is 0.410 e. The van der Waals surface area contributed by atoms with Gasteiger partial charge in [-0.25, -0.2) is 4.79 Å². The number of aryl methyl sites for hydroxylation is 1. The number of ether oxygens (including phenoxy) is 1. The Hall–Kier alpha value is -3.79. The molecule has 11 heteroatoms. The van der Waals surface area contributed by atoms with Crippen LogP contribution in [-0.2, 0) is 17.9 Å². The fraction of sp³-hybridized carbons (Fsp3) is 0.385. The van der Waals surface area contributed by atoms with Gasteiger partial charge in [-0.2, -0.15) is 15.1 Å². The predicted molar refractivity (Wildman–Crippen MR) is 142 cm³/mol. The molecule has 2 aliphatic rings. The molecule has 10 nitrogen and oxygen atoms in total. The van der Waals surface area contributed by atoms with Crippen LogP contribution in [0.2, 0.25) is 5.02 Å². The number of carbonyl (C=O) groups is 1. The van der Waals surface area contributed by atoms with E-state index in [0.29, 0.717) is 35.5 Å². The van der Waals surface area contributed by atoms with Crippen LogP contribution in [0.3, 0.4) is 0 Å². The summed E-state index contributed by atoms with van der Waals surface area (Å²) in [4.78, 5) is 27.2. The Morgan fingerprint density at radius 3 is 2.84 bits per heavy atom. The lowest BCUT2D eigenvalue weighted by Crippen LogP contribution is -2.51. The van der Waals surface area contributed by atoms with Crippen LogP contribution in [0.1, 0.15) is 31.7 Å². The number of fused-ring (bicyclic) bond motifs is 1. The quantitative estimate of drug-likeness (QED) is 0.308. The molecule has 1 atom stereocenters. The van der Waals surface area contributed by atoms with Crippen LogP contribution in [0.5, 0.6) is 0 Å². The maximum atomic E-state index is 12.9. The molecule has 1 aromatic carbocycles. The van der Waals surface area contributed by atoms with Crippen LogP contribution in [0.25, 0.3) is 11.0 Å². The van der Waals surface area contributed by atoms with E-state index >= 15 is 0 Å². The first-order chi connectivity index (χ1) is 18.0. The van der Waals surface area contributed by atoms with Gasteiger partial charge in [0, 0.05) is 32.0 Å². The first kappa shape index (κ1) is 23.6. The molecule has 1 saturated heterocycles. The van der Waals surface area contributed by atoms with Crippen LogP contribution >= 0.6 is 11.6 Å². The first-order valence-corrected chi connectivity index (χ1v) is 13.0. The highest BCUT2D eigenvalue weighted by Crippen LogP contribution is 2.54. The Morgan fingerprint density at radius 2 is 2.08 bits per heavy atom. The van der Waals surface area contributed by atoms with Gasteiger partial charge in [-0.3, -0.25) is 4.68 Å². The largest absolute Gasteiger partial charge is 0.445 e. The van der Waals surface area contributed by atoms with Crippen LogP contribution < -0.4 is 10.6 Å². The van der Waals surface area contributed by atoms with Crippen molar-refractivity contribution in [3.8, 4) is 0 Å². The number of aromatic amines is 1. The second-order valence-corrected chi connectivity index (χ2v) is 10.2. The van der Waals surface area contributed by atoms with E-state index in [1.165, 1.54) is 0 Å². The molecule has 4 heterocycles. The fourth-order valence-corrected chi connectivity index (χ4v) is 5.26. The number of hydrogen-bond acceptors (Lipinski definition) is 7. The van der Waals surface area contributed by atoms with E-state index in [4.69, 9.17) is 21.3 Å². The van der Waals surface area contributed by atoms with E-state index in [1.54, 1.807) is 17.3 Å². The number of aromatic nitrogens is 5. The van der Waals surface area contributed by atoms with E-state index < -0.39 is 0 Å². The summed E-state index contributed by atoms with van der Waals surface area (Å²) in [6.07, 6.45) is 8.22. The molecule has 0 bridgehead atoms. The monoisotopic (exact) mass is 520 g/mol. The van der Waals surface area contributed by atoms with E-state index in [9.17, 15) is 4.79 Å². The summed E-state index contributed by atoms with van der Waals surface area (Å²) in [6.45, 7) is 4.28. The molecule has 3 aromatic heterocycles. The Labute approximate surface area is 219 Å². The van der Waals surface area contributed by atoms with Gasteiger partial charge in [0.1, 0.15) is 18.1 Å². The average Bonchev–Trinajstić information content (AvgIpc) is 3.37. The molecule has 1 aliphatic carbocycles. The Bertz CT molecular complexity index is 1410. The molecule has 37 heavy (non-hydrogen) atoms. The molecular formula is C26H29ClN8O2. The number of anilines is 3. The topological polar surface area (TPSA) is 113 Å². The van der Waals surface area contributed by atoms with Crippen molar-refractivity contribution in [1.29, 1.82) is 0 Å². The summed E-state index contributed by atoms with van der Waals surface area (Å²) in [7, 11) is 0. The highest BCUT2D eigenvalue weighted by molar-refractivity contribution is 6.36. The summed E-state index contributed by atoms with van der Waals surface area (Å²) in [5.41, 5.74) is 2.55. The molecule has 1 unspecified atom stereocenters. The minimum atomic E-state index is -0.297. The second-order valence-electron chi connectivity index (χ2n) is 9.76. The summed E-state index contributed by atoms with van der Waals surface area (Å²) in [5.74, 6) is 1.07. The van der Waals surface area contributed by atoms with Crippen molar-refractivity contribution < 1.29 is 9.53 Å². The number of halogens is 1. The SMILES string of the molecule is CCn1cc(Nc2nc(NC3CN(C(=O)OCc4ccccc4)CCC34CC4)c3c(Cl)c[nH]c3n2)cn1. The van der Waals surface area contributed by atoms with Gasteiger partial charge in [-0.05, 0) is 37.2 Å². The summed E-state index contributed by atoms with van der Waals surface area (Å²) >= 11 is 6.53. The number of amides is 1. The number of hydrogen-bond donors (Lipinski definition) is 3. The van der Waals surface area contributed by atoms with Crippen LogP contribution in [0.4, 0.5) is 22.2 Å². The molecule has 192 valence electrons. The number of H-pyrrole nitrogens is 1. The highest BCUT2D eigenvalue weighted by Gasteiger charge is 2.53. The van der Waals surface area contributed by atoms with Gasteiger partial charge in [0.2, 0.25) is 5.95 Å². The Morgan fingerprint density at radius 1 is 1.24 bits per heavy atom. The van der Waals surface area contributed by atoms with Crippen LogP contribution in [0, 0.1) is 5.41 Å². The lowest BCUT2D eigenvalue weighted by molar-refractivity contribution is 0.0760. The number of carbonyl (C=O) groups excluding carboxylic acids is 1. The number of piperidine rings is 1. The van der Waals surface area contributed by atoms with E-state index in [2.05, 4.69) is 25.7 Å². The average molecular weight is 521 g/mol. The molecule has 6 rings (SSSR count). The Kier molecular flexibility index (Phi) is 6.11. The molecule has 1 aliphatic heterocycles. The third kappa shape index (κ3) is 4.81. The van der Waals surface area contributed by atoms with Gasteiger partial charge in [-0.1, -0.05) is 41.9 Å². The lowest BCUT2D eigenvalue weighted by Gasteiger charge is -2.39. The maximum Gasteiger partial charge on any atom is 0.410 e. The summed E-state index contributed by atoms with van der Waals surface area (Å²) < 4.78 is 7.45. The first-order valence-electron chi connectivity index (χ1n) is 12.6. The molecule has 1 spiro atoms. The van der Waals surface area contributed by atoms with Crippen molar-refractivity contribution in [3.05, 3.63) is 59.5 Å². The number of rotatable bonds is 7. The fourth-order valence-electron chi connectivity index (χ4n) is 5.02. The molecule has 1 amide bonds.